The van der Waals surface area contributed by atoms with Crippen LogP contribution in [0.5, 0.6) is 5.75 Å². The van der Waals surface area contributed by atoms with Gasteiger partial charge in [-0.2, -0.15) is 0 Å². The molecule has 0 spiro atoms. The van der Waals surface area contributed by atoms with E-state index >= 15 is 8.78 Å². The number of rotatable bonds is 12. The monoisotopic (exact) mass is 699 g/mol. The molecule has 3 N–H and O–H groups in total. The summed E-state index contributed by atoms with van der Waals surface area (Å²) in [6.45, 7) is 0.661. The molecule has 0 saturated carbocycles. The summed E-state index contributed by atoms with van der Waals surface area (Å²) in [5, 5.41) is 12.5. The van der Waals surface area contributed by atoms with Crippen LogP contribution in [0.3, 0.4) is 0 Å². The van der Waals surface area contributed by atoms with Crippen molar-refractivity contribution < 1.29 is 46.6 Å². The number of methoxy groups -OCH3 is 1. The van der Waals surface area contributed by atoms with Crippen LogP contribution in [-0.2, 0) is 28.6 Å². The molecule has 12 nitrogen and oxygen atoms in total. The molecule has 260 valence electrons. The Bertz CT molecular complexity index is 1780. The molecule has 2 saturated heterocycles. The maximum atomic E-state index is 15.9. The maximum absolute atomic E-state index is 15.9. The number of alkyl halides is 2. The van der Waals surface area contributed by atoms with Crippen molar-refractivity contribution in [1.29, 1.82) is 0 Å². The predicted octanol–water partition coefficient (Wildman–Crippen LogP) is 5.13. The van der Waals surface area contributed by atoms with E-state index in [-0.39, 0.29) is 18.8 Å². The zero-order valence-corrected chi connectivity index (χ0v) is 27.6. The van der Waals surface area contributed by atoms with Crippen LogP contribution in [0.2, 0.25) is 0 Å². The second kappa shape index (κ2) is 13.9. The quantitative estimate of drug-likeness (QED) is 0.133. The summed E-state index contributed by atoms with van der Waals surface area (Å²) < 4.78 is 59.1. The van der Waals surface area contributed by atoms with Gasteiger partial charge in [0, 0.05) is 0 Å². The van der Waals surface area contributed by atoms with Crippen LogP contribution in [0.4, 0.5) is 14.6 Å². The molecule has 2 aliphatic rings. The first kappa shape index (κ1) is 34.6. The van der Waals surface area contributed by atoms with Crippen LogP contribution in [0.1, 0.15) is 36.3 Å². The number of anilines is 1. The van der Waals surface area contributed by atoms with Crippen LogP contribution in [0, 0.1) is 5.92 Å². The van der Waals surface area contributed by atoms with Crippen molar-refractivity contribution in [2.45, 2.75) is 43.2 Å². The first-order valence-electron chi connectivity index (χ1n) is 15.5. The standard InChI is InChI=1S/C34H36F2N3O9P/c1-22(30(40)41)18-20-45-49(43)46-21-27-29(48-49)34(35,36)31(47-27)39-19-17-28(37-32(39)42)38-33(23-9-5-3-6-10-23,24-11-7-4-8-12-24)25-13-15-26(44-2)16-14-25/h3-17,19,22,27,29,31,43,49H,18,20-21H2,1-2H3,(H,40,41)(H,37,38,42)/t22-,27+,29+,31+/m0/s1. The summed E-state index contributed by atoms with van der Waals surface area (Å²) in [6.07, 6.45) is -4.30. The van der Waals surface area contributed by atoms with Gasteiger partial charge >= 0.3 is 215 Å². The van der Waals surface area contributed by atoms with Gasteiger partial charge in [-0.25, -0.2) is 0 Å². The first-order valence-corrected chi connectivity index (χ1v) is 17.2. The van der Waals surface area contributed by atoms with Crippen LogP contribution in [0.15, 0.2) is 102 Å². The number of carboxylic acids is 1. The Morgan fingerprint density at radius 3 is 2.24 bits per heavy atom. The van der Waals surface area contributed by atoms with Crippen molar-refractivity contribution >= 4 is 20.0 Å². The molecule has 0 aliphatic carbocycles. The number of aliphatic carboxylic acids is 1. The molecule has 2 fully saturated rings. The molecular weight excluding hydrogens is 663 g/mol. The summed E-state index contributed by atoms with van der Waals surface area (Å²) in [5.74, 6) is -4.93. The van der Waals surface area contributed by atoms with Gasteiger partial charge in [0.15, 0.2) is 0 Å². The third-order valence-electron chi connectivity index (χ3n) is 8.65. The van der Waals surface area contributed by atoms with Crippen molar-refractivity contribution in [1.82, 2.24) is 9.55 Å². The summed E-state index contributed by atoms with van der Waals surface area (Å²) in [6, 6.07) is 27.9. The van der Waals surface area contributed by atoms with Gasteiger partial charge in [-0.3, -0.25) is 0 Å². The van der Waals surface area contributed by atoms with E-state index in [4.69, 9.17) is 28.2 Å². The van der Waals surface area contributed by atoms with E-state index in [1.807, 2.05) is 84.9 Å². The van der Waals surface area contributed by atoms with Crippen LogP contribution in [-0.4, -0.2) is 64.0 Å². The Hall–Kier alpha value is -4.30. The van der Waals surface area contributed by atoms with Crippen molar-refractivity contribution in [3.63, 3.8) is 0 Å². The smallest absolute Gasteiger partial charge is 0.0622 e. The Kier molecular flexibility index (Phi) is 9.81. The van der Waals surface area contributed by atoms with E-state index in [0.29, 0.717) is 10.3 Å². The van der Waals surface area contributed by atoms with E-state index < -0.39 is 62.3 Å². The van der Waals surface area contributed by atoms with Crippen molar-refractivity contribution in [2.24, 2.45) is 5.92 Å². The minimum Gasteiger partial charge on any atom is -0.0622 e. The van der Waals surface area contributed by atoms with E-state index in [1.54, 1.807) is 7.11 Å². The fourth-order valence-electron chi connectivity index (χ4n) is 5.98. The number of hydrogen-bond donors (Lipinski definition) is 3. The van der Waals surface area contributed by atoms with E-state index in [2.05, 4.69) is 10.3 Å². The number of hydrogen-bond acceptors (Lipinski definition) is 10. The first-order chi connectivity index (χ1) is 23.5. The average Bonchev–Trinajstić information content (AvgIpc) is 3.36. The number of nitrogens with one attached hydrogen (secondary N) is 1. The molecule has 3 heterocycles. The van der Waals surface area contributed by atoms with Crippen molar-refractivity contribution in [2.75, 3.05) is 25.6 Å². The molecule has 4 aromatic rings. The van der Waals surface area contributed by atoms with Gasteiger partial charge in [0.25, 0.3) is 0 Å². The summed E-state index contributed by atoms with van der Waals surface area (Å²) in [7, 11) is -3.00. The molecule has 4 atom stereocenters. The number of halogens is 2. The third-order valence-corrected chi connectivity index (χ3v) is 10.3. The molecule has 2 aliphatic heterocycles. The van der Waals surface area contributed by atoms with Gasteiger partial charge in [0.2, 0.25) is 0 Å². The minimum atomic E-state index is -4.57. The van der Waals surface area contributed by atoms with Gasteiger partial charge in [0.05, 0.1) is 7.11 Å². The molecule has 0 amide bonds. The minimum absolute atomic E-state index is 0.00325. The normalized spacial score (nSPS) is 22.4. The van der Waals surface area contributed by atoms with E-state index in [9.17, 15) is 14.5 Å². The van der Waals surface area contributed by atoms with E-state index in [0.717, 1.165) is 22.9 Å². The molecular formula is C34H36F2N3O9P. The number of benzene rings is 3. The molecule has 0 radical (unpaired) electrons. The Morgan fingerprint density at radius 2 is 1.67 bits per heavy atom. The zero-order chi connectivity index (χ0) is 34.8. The Morgan fingerprint density at radius 1 is 1.06 bits per heavy atom. The van der Waals surface area contributed by atoms with Gasteiger partial charge in [-0.05, 0) is 12.1 Å². The summed E-state index contributed by atoms with van der Waals surface area (Å²) in [5.41, 5.74) is 0.331. The number of carbonyl (C=O) groups is 1. The third kappa shape index (κ3) is 6.80. The van der Waals surface area contributed by atoms with Crippen molar-refractivity contribution in [3.8, 4) is 5.75 Å². The number of nitrogens with zero attached hydrogens (tertiary/aromatic N) is 2. The fraction of sp³-hybridized carbons (Fsp3) is 0.324. The van der Waals surface area contributed by atoms with Crippen LogP contribution in [0.25, 0.3) is 0 Å². The van der Waals surface area contributed by atoms with Gasteiger partial charge < -0.3 is 4.74 Å². The molecule has 6 rings (SSSR count). The summed E-state index contributed by atoms with van der Waals surface area (Å²) in [4.78, 5) is 39.4. The van der Waals surface area contributed by atoms with Gasteiger partial charge in [0.1, 0.15) is 5.75 Å². The Balaban J connectivity index is 1.30. The Labute approximate surface area is 280 Å². The molecule has 3 aromatic carbocycles. The van der Waals surface area contributed by atoms with Crippen LogP contribution < -0.4 is 15.7 Å². The second-order valence-corrected chi connectivity index (χ2v) is 13.7. The molecule has 0 unspecified atom stereocenters. The van der Waals surface area contributed by atoms with Gasteiger partial charge in [-0.15, -0.1) is 0 Å². The number of fused-ring (bicyclic) bond motifs is 1. The summed E-state index contributed by atoms with van der Waals surface area (Å²) >= 11 is 0. The molecule has 15 heteroatoms. The average molecular weight is 700 g/mol. The fourth-order valence-corrected chi connectivity index (χ4v) is 7.58. The molecule has 1 aromatic heterocycles. The SMILES string of the molecule is COc1ccc(C(Nc2ccn([C@@H]3O[C@@H]4CO[PH](O)(OCC[C@H](C)C(=O)O)O[C@H]4C3(F)F)c(=O)n2)(c2ccccc2)c2ccccc2)cc1. The second-order valence-electron chi connectivity index (χ2n) is 11.8. The number of carboxylic acid groups (broad SMARTS) is 1. The van der Waals surface area contributed by atoms with Gasteiger partial charge in [-0.1, -0.05) is 36.4 Å². The van der Waals surface area contributed by atoms with E-state index in [1.165, 1.54) is 13.0 Å². The predicted molar refractivity (Wildman–Crippen MR) is 175 cm³/mol. The van der Waals surface area contributed by atoms with Crippen LogP contribution >= 0.6 is 8.17 Å². The topological polar surface area (TPSA) is 151 Å². The van der Waals surface area contributed by atoms with Crippen molar-refractivity contribution in [3.05, 3.63) is 124 Å². The zero-order valence-electron chi connectivity index (χ0n) is 26.6. The molecule has 49 heavy (non-hydrogen) atoms. The number of ether oxygens (including phenoxy) is 2. The number of aromatic nitrogens is 2. The molecule has 0 bridgehead atoms.